The lowest BCUT2D eigenvalue weighted by atomic mass is 10.4. The Hall–Kier alpha value is -1.11. The zero-order valence-electron chi connectivity index (χ0n) is 6.97. The summed E-state index contributed by atoms with van der Waals surface area (Å²) in [7, 11) is 0. The summed E-state index contributed by atoms with van der Waals surface area (Å²) in [6.07, 6.45) is -2.92. The van der Waals surface area contributed by atoms with Crippen LogP contribution in [0.15, 0.2) is 11.6 Å². The number of hydrogen-bond donors (Lipinski definition) is 1. The maximum atomic E-state index is 11.7. The van der Waals surface area contributed by atoms with E-state index < -0.39 is 12.1 Å². The van der Waals surface area contributed by atoms with Gasteiger partial charge in [0.1, 0.15) is 0 Å². The number of carbonyl (C=O) groups excluding carboxylic acids is 1. The fourth-order valence-corrected chi connectivity index (χ4v) is 1.38. The van der Waals surface area contributed by atoms with E-state index in [2.05, 4.69) is 4.98 Å². The van der Waals surface area contributed by atoms with Crippen molar-refractivity contribution >= 4 is 17.2 Å². The summed E-state index contributed by atoms with van der Waals surface area (Å²) in [6.45, 7) is -0.0497. The van der Waals surface area contributed by atoms with Gasteiger partial charge in [-0.15, -0.1) is 11.3 Å². The van der Waals surface area contributed by atoms with E-state index in [-0.39, 0.29) is 6.54 Å². The number of carbonyl (C=O) groups is 1. The Morgan fingerprint density at radius 3 is 2.79 bits per heavy atom. The second-order valence-corrected chi connectivity index (χ2v) is 3.41. The predicted octanol–water partition coefficient (Wildman–Crippen LogP) is 1.36. The molecule has 1 aromatic rings. The second-order valence-electron chi connectivity index (χ2n) is 2.43. The molecule has 0 aliphatic carbocycles. The molecule has 0 saturated heterocycles. The van der Waals surface area contributed by atoms with Gasteiger partial charge in [0.25, 0.3) is 0 Å². The van der Waals surface area contributed by atoms with Crippen molar-refractivity contribution in [2.45, 2.75) is 12.6 Å². The van der Waals surface area contributed by atoms with E-state index in [4.69, 9.17) is 0 Å². The minimum absolute atomic E-state index is 0.0497. The summed E-state index contributed by atoms with van der Waals surface area (Å²) in [6, 6.07) is 0. The van der Waals surface area contributed by atoms with Gasteiger partial charge < -0.3 is 5.32 Å². The van der Waals surface area contributed by atoms with Crippen LogP contribution in [0.25, 0.3) is 0 Å². The number of hydrogen-bond acceptors (Lipinski definition) is 3. The largest absolute Gasteiger partial charge is 0.471 e. The number of halogens is 3. The SMILES string of the molecule is O=C(NCCc1nccs1)C(F)(F)F. The third-order valence-corrected chi connectivity index (χ3v) is 2.20. The maximum absolute atomic E-state index is 11.7. The highest BCUT2D eigenvalue weighted by molar-refractivity contribution is 7.09. The average molecular weight is 224 g/mol. The van der Waals surface area contributed by atoms with Gasteiger partial charge in [0.2, 0.25) is 0 Å². The Kier molecular flexibility index (Phi) is 3.45. The number of aromatic nitrogens is 1. The molecule has 0 aliphatic heterocycles. The van der Waals surface area contributed by atoms with Gasteiger partial charge in [-0.1, -0.05) is 0 Å². The molecule has 0 atom stereocenters. The van der Waals surface area contributed by atoms with Crippen LogP contribution in [0.3, 0.4) is 0 Å². The highest BCUT2D eigenvalue weighted by atomic mass is 32.1. The van der Waals surface area contributed by atoms with Gasteiger partial charge in [0, 0.05) is 24.5 Å². The molecule has 0 saturated carbocycles. The molecular formula is C7H7F3N2OS. The number of amides is 1. The molecular weight excluding hydrogens is 217 g/mol. The number of thiazole rings is 1. The van der Waals surface area contributed by atoms with E-state index in [9.17, 15) is 18.0 Å². The van der Waals surface area contributed by atoms with Crippen LogP contribution in [-0.2, 0) is 11.2 Å². The zero-order chi connectivity index (χ0) is 10.6. The van der Waals surface area contributed by atoms with Gasteiger partial charge >= 0.3 is 12.1 Å². The number of rotatable bonds is 3. The quantitative estimate of drug-likeness (QED) is 0.842. The molecule has 0 fully saturated rings. The molecule has 3 nitrogen and oxygen atoms in total. The first kappa shape index (κ1) is 11.0. The Morgan fingerprint density at radius 2 is 2.29 bits per heavy atom. The van der Waals surface area contributed by atoms with Crippen molar-refractivity contribution in [2.75, 3.05) is 6.54 Å². The van der Waals surface area contributed by atoms with Crippen LogP contribution in [0, 0.1) is 0 Å². The van der Waals surface area contributed by atoms with Crippen molar-refractivity contribution in [1.29, 1.82) is 0 Å². The molecule has 1 amide bonds. The summed E-state index contributed by atoms with van der Waals surface area (Å²) >= 11 is 1.34. The van der Waals surface area contributed by atoms with Gasteiger partial charge in [-0.3, -0.25) is 4.79 Å². The van der Waals surface area contributed by atoms with Gasteiger partial charge in [-0.05, 0) is 0 Å². The normalized spacial score (nSPS) is 11.4. The van der Waals surface area contributed by atoms with Gasteiger partial charge in [-0.25, -0.2) is 4.98 Å². The van der Waals surface area contributed by atoms with Gasteiger partial charge in [0.05, 0.1) is 5.01 Å². The summed E-state index contributed by atoms with van der Waals surface area (Å²) in [4.78, 5) is 14.2. The third-order valence-electron chi connectivity index (χ3n) is 1.37. The molecule has 78 valence electrons. The Labute approximate surface area is 82.0 Å². The summed E-state index contributed by atoms with van der Waals surface area (Å²) < 4.78 is 35.1. The molecule has 1 N–H and O–H groups in total. The predicted molar refractivity (Wildman–Crippen MR) is 44.9 cm³/mol. The lowest BCUT2D eigenvalue weighted by molar-refractivity contribution is -0.173. The van der Waals surface area contributed by atoms with Crippen LogP contribution in [0.4, 0.5) is 13.2 Å². The average Bonchev–Trinajstić information content (AvgIpc) is 2.55. The zero-order valence-corrected chi connectivity index (χ0v) is 7.78. The van der Waals surface area contributed by atoms with Crippen LogP contribution in [0.1, 0.15) is 5.01 Å². The van der Waals surface area contributed by atoms with Crippen LogP contribution in [0.2, 0.25) is 0 Å². The highest BCUT2D eigenvalue weighted by Gasteiger charge is 2.38. The van der Waals surface area contributed by atoms with Crippen molar-refractivity contribution in [2.24, 2.45) is 0 Å². The van der Waals surface area contributed by atoms with E-state index >= 15 is 0 Å². The third kappa shape index (κ3) is 3.33. The minimum atomic E-state index is -4.80. The van der Waals surface area contributed by atoms with Gasteiger partial charge in [-0.2, -0.15) is 13.2 Å². The molecule has 1 heterocycles. The first-order chi connectivity index (χ1) is 6.50. The molecule has 0 radical (unpaired) electrons. The Balaban J connectivity index is 2.26. The molecule has 0 bridgehead atoms. The van der Waals surface area contributed by atoms with E-state index in [1.165, 1.54) is 11.3 Å². The Bertz CT molecular complexity index is 296. The van der Waals surface area contributed by atoms with Gasteiger partial charge in [0.15, 0.2) is 0 Å². The highest BCUT2D eigenvalue weighted by Crippen LogP contribution is 2.14. The monoisotopic (exact) mass is 224 g/mol. The van der Waals surface area contributed by atoms with Crippen LogP contribution in [-0.4, -0.2) is 23.6 Å². The molecule has 1 rings (SSSR count). The lowest BCUT2D eigenvalue weighted by Gasteiger charge is -2.06. The number of nitrogens with zero attached hydrogens (tertiary/aromatic N) is 1. The van der Waals surface area contributed by atoms with Crippen molar-refractivity contribution < 1.29 is 18.0 Å². The lowest BCUT2D eigenvalue weighted by Crippen LogP contribution is -2.37. The first-order valence-corrected chi connectivity index (χ1v) is 4.61. The van der Waals surface area contributed by atoms with E-state index in [0.717, 1.165) is 0 Å². The summed E-state index contributed by atoms with van der Waals surface area (Å²) in [5.74, 6) is -1.91. The van der Waals surface area contributed by atoms with Crippen LogP contribution >= 0.6 is 11.3 Å². The minimum Gasteiger partial charge on any atom is -0.348 e. The van der Waals surface area contributed by atoms with E-state index in [0.29, 0.717) is 11.4 Å². The fraction of sp³-hybridized carbons (Fsp3) is 0.429. The topological polar surface area (TPSA) is 42.0 Å². The summed E-state index contributed by atoms with van der Waals surface area (Å²) in [5, 5.41) is 4.19. The number of nitrogens with one attached hydrogen (secondary N) is 1. The summed E-state index contributed by atoms with van der Waals surface area (Å²) in [5.41, 5.74) is 0. The van der Waals surface area contributed by atoms with Crippen LogP contribution in [0.5, 0.6) is 0 Å². The molecule has 0 aromatic carbocycles. The maximum Gasteiger partial charge on any atom is 0.471 e. The van der Waals surface area contributed by atoms with E-state index in [1.807, 2.05) is 0 Å². The van der Waals surface area contributed by atoms with Crippen molar-refractivity contribution in [1.82, 2.24) is 10.3 Å². The van der Waals surface area contributed by atoms with Crippen molar-refractivity contribution in [3.05, 3.63) is 16.6 Å². The first-order valence-electron chi connectivity index (χ1n) is 3.73. The smallest absolute Gasteiger partial charge is 0.348 e. The van der Waals surface area contributed by atoms with E-state index in [1.54, 1.807) is 16.9 Å². The molecule has 14 heavy (non-hydrogen) atoms. The van der Waals surface area contributed by atoms with Crippen LogP contribution < -0.4 is 5.32 Å². The molecule has 0 aliphatic rings. The van der Waals surface area contributed by atoms with Crippen molar-refractivity contribution in [3.63, 3.8) is 0 Å². The molecule has 7 heteroatoms. The molecule has 1 aromatic heterocycles. The molecule has 0 unspecified atom stereocenters. The van der Waals surface area contributed by atoms with Crippen molar-refractivity contribution in [3.8, 4) is 0 Å². The second kappa shape index (κ2) is 4.41. The Morgan fingerprint density at radius 1 is 1.57 bits per heavy atom. The number of alkyl halides is 3. The molecule has 0 spiro atoms. The standard InChI is InChI=1S/C7H7F3N2OS/c8-7(9,10)6(13)12-2-1-5-11-3-4-14-5/h3-4H,1-2H2,(H,12,13). The fourth-order valence-electron chi connectivity index (χ4n) is 0.760.